The van der Waals surface area contributed by atoms with Crippen LogP contribution >= 0.6 is 0 Å². The van der Waals surface area contributed by atoms with Crippen LogP contribution in [0.4, 0.5) is 47.6 Å². The number of benzene rings is 9. The molecule has 8 N–H and O–H groups in total. The van der Waals surface area contributed by atoms with Crippen LogP contribution in [0.5, 0.6) is 0 Å². The maximum atomic E-state index is 13.0. The summed E-state index contributed by atoms with van der Waals surface area (Å²) < 4.78 is 0. The summed E-state index contributed by atoms with van der Waals surface area (Å²) >= 11 is 0. The summed E-state index contributed by atoms with van der Waals surface area (Å²) in [5, 5.41) is 21.6. The zero-order valence-electron chi connectivity index (χ0n) is 74.4. The van der Waals surface area contributed by atoms with E-state index in [1.165, 1.54) is 18.9 Å². The van der Waals surface area contributed by atoms with Crippen molar-refractivity contribution in [1.82, 2.24) is 59.8 Å². The molecule has 0 saturated carbocycles. The third-order valence-electron chi connectivity index (χ3n) is 19.4. The Bertz CT molecular complexity index is 5770. The van der Waals surface area contributed by atoms with Crippen molar-refractivity contribution < 1.29 is 38.4 Å². The van der Waals surface area contributed by atoms with Crippen LogP contribution in [0.1, 0.15) is 216 Å². The summed E-state index contributed by atoms with van der Waals surface area (Å²) in [4.78, 5) is 152. The average molecular weight is 1720 g/mol. The Morgan fingerprint density at radius 1 is 0.305 bits per heavy atom. The molecule has 0 spiro atoms. The van der Waals surface area contributed by atoms with Gasteiger partial charge < -0.3 is 0 Å². The molecule has 0 bridgehead atoms. The topological polar surface area (TPSA) is 387 Å². The van der Waals surface area contributed by atoms with Crippen molar-refractivity contribution in [2.45, 2.75) is 159 Å². The molecule has 0 saturated heterocycles. The summed E-state index contributed by atoms with van der Waals surface area (Å²) in [7, 11) is 0. The van der Waals surface area contributed by atoms with E-state index in [9.17, 15) is 38.4 Å². The number of carbonyl (C=O) groups excluding carboxylic acids is 8. The minimum atomic E-state index is -0.360. The fourth-order valence-electron chi connectivity index (χ4n) is 12.5. The molecule has 28 nitrogen and oxygen atoms in total. The lowest BCUT2D eigenvalue weighted by Gasteiger charge is -2.19. The summed E-state index contributed by atoms with van der Waals surface area (Å²) in [6.45, 7) is 31.8. The van der Waals surface area contributed by atoms with Gasteiger partial charge in [0.25, 0.3) is 35.4 Å². The quantitative estimate of drug-likeness (QED) is 0.0233. The molecule has 28 heteroatoms. The van der Waals surface area contributed by atoms with Gasteiger partial charge in [0.1, 0.15) is 11.6 Å². The number of rotatable bonds is 26. The Kier molecular flexibility index (Phi) is 33.5. The molecule has 0 aliphatic heterocycles. The van der Waals surface area contributed by atoms with Gasteiger partial charge in [0.2, 0.25) is 59.4 Å². The van der Waals surface area contributed by atoms with E-state index >= 15 is 0 Å². The standard InChI is InChI=1S/C31H33N5O2.C26H31N5O2.C22H23N5O2.C21H19N5O2/c1-30(2,3)23-16-12-21(13-17-23)26(37)34-28-32-25(20-10-8-7-9-11-20)33-29(36-28)35-27(38)22-14-18-24(19-15-22)31(4,5)6;1-4-5-6-7-8-15-22-27-25(29-23(32)20-13-9-11-18(2)16-20)31-26(28-22)30-24(33)21-14-10-12-19(3)17-21;1-14-4-8-17(9-5-14)12-19(28)25-21-23-16(3)24-22(27-21)26-20(29)13-18-10-6-15(2)7-11-18;1-4-17-22-20(24-18(27)15-9-5-7-13(2)11-15)26-21(23-17)25-19(28)16-10-6-8-14(3)12-16/h7-19H,1-6H3,(H2,32,33,34,35,36,37,38);9-14,16-17H,4-8,15H2,1-3H3,(H2,27,28,29,30,31,32,33);4-11H,12-13H2,1-3H3,(H2,23,24,25,26,27,28,29);4-12H,1H2,2-3H3,(H2,22,23,24,25,26,27,28). The Labute approximate surface area is 745 Å². The zero-order valence-corrected chi connectivity index (χ0v) is 74.4. The van der Waals surface area contributed by atoms with Gasteiger partial charge in [-0.3, -0.25) is 80.9 Å². The van der Waals surface area contributed by atoms with E-state index < -0.39 is 0 Å². The number of hydrogen-bond donors (Lipinski definition) is 8. The third kappa shape index (κ3) is 30.2. The molecule has 13 aromatic rings. The molecule has 9 aromatic carbocycles. The van der Waals surface area contributed by atoms with Crippen molar-refractivity contribution in [2.75, 3.05) is 42.5 Å². The number of anilines is 8. The highest BCUT2D eigenvalue weighted by molar-refractivity contribution is 6.07. The summed E-state index contributed by atoms with van der Waals surface area (Å²) in [5.41, 5.74) is 13.8. The first-order chi connectivity index (χ1) is 61.1. The van der Waals surface area contributed by atoms with Crippen molar-refractivity contribution in [1.29, 1.82) is 0 Å². The summed E-state index contributed by atoms with van der Waals surface area (Å²) in [6, 6.07) is 68.5. The molecule has 128 heavy (non-hydrogen) atoms. The van der Waals surface area contributed by atoms with E-state index in [1.807, 2.05) is 181 Å². The largest absolute Gasteiger partial charge is 0.294 e. The molecule has 0 atom stereocenters. The predicted molar refractivity (Wildman–Crippen MR) is 502 cm³/mol. The van der Waals surface area contributed by atoms with Gasteiger partial charge in [-0.15, -0.1) is 0 Å². The highest BCUT2D eigenvalue weighted by Gasteiger charge is 2.23. The third-order valence-corrected chi connectivity index (χ3v) is 19.4. The van der Waals surface area contributed by atoms with E-state index in [2.05, 4.69) is 157 Å². The number of aryl methyl sites for hydroxylation is 8. The first kappa shape index (κ1) is 94.8. The lowest BCUT2D eigenvalue weighted by atomic mass is 9.86. The van der Waals surface area contributed by atoms with Crippen molar-refractivity contribution in [3.8, 4) is 11.4 Å². The maximum absolute atomic E-state index is 13.0. The van der Waals surface area contributed by atoms with Crippen LogP contribution < -0.4 is 42.5 Å². The minimum absolute atomic E-state index is 0.0199. The van der Waals surface area contributed by atoms with Crippen LogP contribution in [0.25, 0.3) is 17.5 Å². The van der Waals surface area contributed by atoms with Crippen LogP contribution in [0, 0.1) is 48.5 Å². The molecule has 0 radical (unpaired) electrons. The number of hydrogen-bond acceptors (Lipinski definition) is 20. The molecule has 0 aliphatic carbocycles. The predicted octanol–water partition coefficient (Wildman–Crippen LogP) is 18.9. The molecule has 8 amide bonds. The zero-order chi connectivity index (χ0) is 92.0. The second kappa shape index (κ2) is 45.2. The second-order valence-corrected chi connectivity index (χ2v) is 32.6. The number of unbranched alkanes of at least 4 members (excludes halogenated alkanes) is 4. The Hall–Kier alpha value is -15.5. The summed E-state index contributed by atoms with van der Waals surface area (Å²) in [6.07, 6.45) is 8.02. The van der Waals surface area contributed by atoms with E-state index in [0.717, 1.165) is 80.5 Å². The van der Waals surface area contributed by atoms with Crippen LogP contribution in [-0.2, 0) is 39.7 Å². The van der Waals surface area contributed by atoms with E-state index in [1.54, 1.807) is 91.9 Å². The fourth-order valence-corrected chi connectivity index (χ4v) is 12.5. The van der Waals surface area contributed by atoms with Gasteiger partial charge in [-0.1, -0.05) is 266 Å². The molecule has 13 rings (SSSR count). The van der Waals surface area contributed by atoms with Gasteiger partial charge in [0.15, 0.2) is 11.6 Å². The van der Waals surface area contributed by atoms with E-state index in [-0.39, 0.29) is 124 Å². The van der Waals surface area contributed by atoms with Crippen LogP contribution in [0.15, 0.2) is 231 Å². The first-order valence-electron chi connectivity index (χ1n) is 41.9. The Morgan fingerprint density at radius 3 is 0.938 bits per heavy atom. The fraction of sp³-hybridized carbons (Fsp3) is 0.240. The van der Waals surface area contributed by atoms with Gasteiger partial charge in [-0.2, -0.15) is 59.8 Å². The van der Waals surface area contributed by atoms with Gasteiger partial charge in [0.05, 0.1) is 12.8 Å². The highest BCUT2D eigenvalue weighted by Crippen LogP contribution is 2.27. The molecule has 4 heterocycles. The number of amides is 8. The van der Waals surface area contributed by atoms with E-state index in [0.29, 0.717) is 57.3 Å². The minimum Gasteiger partial charge on any atom is -0.294 e. The van der Waals surface area contributed by atoms with Crippen LogP contribution in [0.2, 0.25) is 0 Å². The van der Waals surface area contributed by atoms with Crippen molar-refractivity contribution in [3.63, 3.8) is 0 Å². The van der Waals surface area contributed by atoms with Gasteiger partial charge >= 0.3 is 0 Å². The van der Waals surface area contributed by atoms with Gasteiger partial charge in [-0.05, 0) is 167 Å². The highest BCUT2D eigenvalue weighted by atomic mass is 16.2. The summed E-state index contributed by atoms with van der Waals surface area (Å²) in [5.74, 6) is -0.422. The second-order valence-electron chi connectivity index (χ2n) is 32.6. The molecular weight excluding hydrogens is 1610 g/mol. The SMILES string of the molecule is C=Cc1nc(NC(=O)c2cccc(C)c2)nc(NC(=O)c2cccc(C)c2)n1.CC(C)(C)c1ccc(C(=O)Nc2nc(NC(=O)c3ccc(C(C)(C)C)cc3)nc(-c3ccccc3)n2)cc1.CCCCCCCc1nc(NC(=O)c2cccc(C)c2)nc(NC(=O)c2cccc(C)c2)n1.Cc1ccc(CC(=O)Nc2nc(C)nc(NC(=O)Cc3ccc(C)cc3)n2)cc1. The number of nitrogens with one attached hydrogen (secondary N) is 8. The number of carbonyl (C=O) groups is 8. The maximum Gasteiger partial charge on any atom is 0.258 e. The van der Waals surface area contributed by atoms with Crippen molar-refractivity contribution in [2.24, 2.45) is 0 Å². The smallest absolute Gasteiger partial charge is 0.258 e. The van der Waals surface area contributed by atoms with Crippen molar-refractivity contribution in [3.05, 3.63) is 338 Å². The van der Waals surface area contributed by atoms with Crippen LogP contribution in [0.3, 0.4) is 0 Å². The monoisotopic (exact) mass is 1710 g/mol. The van der Waals surface area contributed by atoms with E-state index in [4.69, 9.17) is 0 Å². The van der Waals surface area contributed by atoms with Crippen molar-refractivity contribution >= 4 is 101 Å². The lowest BCUT2D eigenvalue weighted by molar-refractivity contribution is -0.116. The molecule has 0 unspecified atom stereocenters. The lowest BCUT2D eigenvalue weighted by Crippen LogP contribution is -2.20. The normalized spacial score (nSPS) is 10.8. The molecule has 654 valence electrons. The average Bonchev–Trinajstić information content (AvgIpc) is 0.820. The molecule has 0 fully saturated rings. The Morgan fingerprint density at radius 2 is 0.617 bits per heavy atom. The van der Waals surface area contributed by atoms with Crippen LogP contribution in [-0.4, -0.2) is 107 Å². The molecular formula is C100H106N20O8. The van der Waals surface area contributed by atoms with Gasteiger partial charge in [0, 0.05) is 45.4 Å². The molecule has 4 aromatic heterocycles. The van der Waals surface area contributed by atoms with Gasteiger partial charge in [-0.25, -0.2) is 0 Å². The Balaban J connectivity index is 0.000000179. The molecule has 0 aliphatic rings. The number of nitrogens with zero attached hydrogens (tertiary/aromatic N) is 12. The first-order valence-corrected chi connectivity index (χ1v) is 41.9. The number of aromatic nitrogens is 12.